The van der Waals surface area contributed by atoms with Crippen LogP contribution in [-0.4, -0.2) is 47.5 Å². The van der Waals surface area contributed by atoms with Crippen molar-refractivity contribution in [3.05, 3.63) is 41.5 Å². The van der Waals surface area contributed by atoms with E-state index in [-0.39, 0.29) is 19.8 Å². The van der Waals surface area contributed by atoms with E-state index in [1.54, 1.807) is 19.9 Å². The molecular formula is C21H27NO5. The average Bonchev–Trinajstić information content (AvgIpc) is 2.63. The van der Waals surface area contributed by atoms with Crippen LogP contribution in [0.1, 0.15) is 44.2 Å². The second-order valence-corrected chi connectivity index (χ2v) is 7.00. The molecule has 0 spiro atoms. The van der Waals surface area contributed by atoms with Crippen molar-refractivity contribution >= 4 is 12.2 Å². The van der Waals surface area contributed by atoms with Crippen LogP contribution in [0.2, 0.25) is 0 Å². The van der Waals surface area contributed by atoms with Crippen molar-refractivity contribution in [2.24, 2.45) is 0 Å². The minimum atomic E-state index is -1.13. The monoisotopic (exact) mass is 373 g/mol. The lowest BCUT2D eigenvalue weighted by atomic mass is 9.98. The minimum absolute atomic E-state index is 0.195. The molecule has 27 heavy (non-hydrogen) atoms. The van der Waals surface area contributed by atoms with Crippen molar-refractivity contribution in [1.29, 1.82) is 0 Å². The van der Waals surface area contributed by atoms with E-state index in [4.69, 9.17) is 19.7 Å². The number of carbonyl (C=O) groups is 1. The van der Waals surface area contributed by atoms with Crippen molar-refractivity contribution in [2.45, 2.75) is 44.4 Å². The number of rotatable bonds is 6. The maximum atomic E-state index is 11.2. The highest BCUT2D eigenvalue weighted by molar-refractivity contribution is 5.67. The van der Waals surface area contributed by atoms with Crippen molar-refractivity contribution < 1.29 is 24.5 Å². The molecule has 0 aliphatic carbocycles. The Labute approximate surface area is 160 Å². The van der Waals surface area contributed by atoms with Crippen LogP contribution in [-0.2, 0) is 9.47 Å². The molecule has 6 heteroatoms. The number of carboxylic acid groups (broad SMARTS) is 1. The fourth-order valence-electron chi connectivity index (χ4n) is 2.53. The van der Waals surface area contributed by atoms with Crippen LogP contribution in [0.4, 0.5) is 4.79 Å². The maximum Gasteiger partial charge on any atom is 0.405 e. The number of hydrogen-bond acceptors (Lipinski definition) is 4. The van der Waals surface area contributed by atoms with Crippen LogP contribution in [0.5, 0.6) is 0 Å². The topological polar surface area (TPSA) is 88.0 Å². The number of aliphatic hydroxyl groups is 1. The van der Waals surface area contributed by atoms with E-state index in [0.717, 1.165) is 30.4 Å². The zero-order valence-corrected chi connectivity index (χ0v) is 15.8. The van der Waals surface area contributed by atoms with Gasteiger partial charge >= 0.3 is 6.09 Å². The predicted molar refractivity (Wildman–Crippen MR) is 103 cm³/mol. The molecule has 6 nitrogen and oxygen atoms in total. The zero-order valence-electron chi connectivity index (χ0n) is 15.8. The van der Waals surface area contributed by atoms with Crippen LogP contribution >= 0.6 is 0 Å². The molecule has 1 saturated heterocycles. The summed E-state index contributed by atoms with van der Waals surface area (Å²) >= 11 is 0. The smallest absolute Gasteiger partial charge is 0.405 e. The second kappa shape index (κ2) is 9.56. The molecule has 1 amide bonds. The summed E-state index contributed by atoms with van der Waals surface area (Å²) in [6.45, 7) is 4.19. The molecule has 1 aromatic carbocycles. The van der Waals surface area contributed by atoms with Gasteiger partial charge in [-0.1, -0.05) is 36.1 Å². The van der Waals surface area contributed by atoms with Crippen LogP contribution < -0.4 is 5.32 Å². The first-order valence-corrected chi connectivity index (χ1v) is 9.02. The molecule has 0 saturated carbocycles. The number of aliphatic hydroxyl groups excluding tert-OH is 1. The Hall–Kier alpha value is -2.33. The van der Waals surface area contributed by atoms with Gasteiger partial charge in [0.1, 0.15) is 5.54 Å². The third-order valence-electron chi connectivity index (χ3n) is 4.16. The molecule has 2 rings (SSSR count). The SMILES string of the molecule is CC1(C)OCC(C=Cc2ccc(C#CCCCCO)cc2)(NC(=O)O)CO1. The van der Waals surface area contributed by atoms with Gasteiger partial charge in [0.25, 0.3) is 0 Å². The molecule has 0 aromatic heterocycles. The summed E-state index contributed by atoms with van der Waals surface area (Å²) in [6.07, 6.45) is 4.92. The van der Waals surface area contributed by atoms with E-state index in [2.05, 4.69) is 17.2 Å². The molecule has 1 aromatic rings. The summed E-state index contributed by atoms with van der Waals surface area (Å²) in [4.78, 5) is 11.2. The lowest BCUT2D eigenvalue weighted by Crippen LogP contribution is -2.59. The summed E-state index contributed by atoms with van der Waals surface area (Å²) in [7, 11) is 0. The van der Waals surface area contributed by atoms with Gasteiger partial charge in [-0.05, 0) is 44.4 Å². The summed E-state index contributed by atoms with van der Waals surface area (Å²) in [6, 6.07) is 7.70. The lowest BCUT2D eigenvalue weighted by molar-refractivity contribution is -0.263. The largest absolute Gasteiger partial charge is 0.465 e. The molecule has 0 atom stereocenters. The summed E-state index contributed by atoms with van der Waals surface area (Å²) < 4.78 is 11.3. The number of unbranched alkanes of at least 4 members (excludes halogenated alkanes) is 2. The van der Waals surface area contributed by atoms with Gasteiger partial charge in [-0.3, -0.25) is 0 Å². The van der Waals surface area contributed by atoms with Gasteiger partial charge in [0.2, 0.25) is 0 Å². The van der Waals surface area contributed by atoms with Crippen molar-refractivity contribution in [1.82, 2.24) is 5.32 Å². The number of nitrogens with one attached hydrogen (secondary N) is 1. The third kappa shape index (κ3) is 7.06. The molecule has 1 heterocycles. The molecule has 0 bridgehead atoms. The highest BCUT2D eigenvalue weighted by atomic mass is 16.7. The van der Waals surface area contributed by atoms with Crippen molar-refractivity contribution in [3.63, 3.8) is 0 Å². The number of ether oxygens (including phenoxy) is 2. The Morgan fingerprint density at radius 2 is 1.89 bits per heavy atom. The van der Waals surface area contributed by atoms with Gasteiger partial charge in [-0.2, -0.15) is 0 Å². The molecular weight excluding hydrogens is 346 g/mol. The highest BCUT2D eigenvalue weighted by Gasteiger charge is 2.39. The van der Waals surface area contributed by atoms with Crippen LogP contribution in [0, 0.1) is 11.8 Å². The molecule has 146 valence electrons. The van der Waals surface area contributed by atoms with E-state index >= 15 is 0 Å². The summed E-state index contributed by atoms with van der Waals surface area (Å²) in [5.41, 5.74) is 0.921. The van der Waals surface area contributed by atoms with E-state index in [1.165, 1.54) is 0 Å². The molecule has 0 unspecified atom stereocenters. The molecule has 1 aliphatic heterocycles. The zero-order chi connectivity index (χ0) is 19.8. The molecule has 3 N–H and O–H groups in total. The number of amides is 1. The van der Waals surface area contributed by atoms with E-state index in [0.29, 0.717) is 0 Å². The first-order chi connectivity index (χ1) is 12.8. The summed E-state index contributed by atoms with van der Waals surface area (Å²) in [5, 5.41) is 20.4. The third-order valence-corrected chi connectivity index (χ3v) is 4.16. The van der Waals surface area contributed by atoms with E-state index < -0.39 is 17.4 Å². The quantitative estimate of drug-likeness (QED) is 0.527. The Morgan fingerprint density at radius 1 is 1.22 bits per heavy atom. The number of benzene rings is 1. The Balaban J connectivity index is 2.02. The van der Waals surface area contributed by atoms with E-state index in [1.807, 2.05) is 30.3 Å². The van der Waals surface area contributed by atoms with Crippen molar-refractivity contribution in [3.8, 4) is 11.8 Å². The van der Waals surface area contributed by atoms with Gasteiger partial charge in [0, 0.05) is 18.6 Å². The molecule has 1 aliphatic rings. The van der Waals surface area contributed by atoms with Crippen LogP contribution in [0.25, 0.3) is 6.08 Å². The molecule has 1 fully saturated rings. The average molecular weight is 373 g/mol. The van der Waals surface area contributed by atoms with Gasteiger partial charge in [-0.15, -0.1) is 0 Å². The Kier molecular flexibility index (Phi) is 7.43. The first kappa shape index (κ1) is 21.0. The fraction of sp³-hybridized carbons (Fsp3) is 0.476. The number of hydrogen-bond donors (Lipinski definition) is 3. The molecule has 0 radical (unpaired) electrons. The second-order valence-electron chi connectivity index (χ2n) is 7.00. The minimum Gasteiger partial charge on any atom is -0.465 e. The predicted octanol–water partition coefficient (Wildman–Crippen LogP) is 3.00. The van der Waals surface area contributed by atoms with Crippen LogP contribution in [0.3, 0.4) is 0 Å². The Bertz CT molecular complexity index is 702. The van der Waals surface area contributed by atoms with Gasteiger partial charge < -0.3 is 25.0 Å². The summed E-state index contributed by atoms with van der Waals surface area (Å²) in [5.74, 6) is 5.45. The maximum absolute atomic E-state index is 11.2. The van der Waals surface area contributed by atoms with Gasteiger partial charge in [-0.25, -0.2) is 4.79 Å². The normalized spacial score (nSPS) is 17.9. The van der Waals surface area contributed by atoms with Gasteiger partial charge in [0.05, 0.1) is 13.2 Å². The first-order valence-electron chi connectivity index (χ1n) is 9.02. The van der Waals surface area contributed by atoms with E-state index in [9.17, 15) is 4.79 Å². The standard InChI is InChI=1S/C21H27NO5/c1-20(2)26-15-21(16-27-20,22-19(24)25)13-12-18-10-8-17(9-11-18)7-5-3-4-6-14-23/h8-13,22-23H,3-4,6,14-16H2,1-2H3,(H,24,25). The fourth-order valence-corrected chi connectivity index (χ4v) is 2.53. The van der Waals surface area contributed by atoms with Crippen LogP contribution in [0.15, 0.2) is 30.3 Å². The Morgan fingerprint density at radius 3 is 2.48 bits per heavy atom. The lowest BCUT2D eigenvalue weighted by Gasteiger charge is -2.41. The van der Waals surface area contributed by atoms with Crippen molar-refractivity contribution in [2.75, 3.05) is 19.8 Å². The van der Waals surface area contributed by atoms with Gasteiger partial charge in [0.15, 0.2) is 5.79 Å². The highest BCUT2D eigenvalue weighted by Crippen LogP contribution is 2.25.